The van der Waals surface area contributed by atoms with Crippen molar-refractivity contribution in [1.82, 2.24) is 4.90 Å². The first-order valence-electron chi connectivity index (χ1n) is 6.22. The molecule has 1 aromatic rings. The van der Waals surface area contributed by atoms with Crippen LogP contribution in [0.5, 0.6) is 0 Å². The summed E-state index contributed by atoms with van der Waals surface area (Å²) in [5.41, 5.74) is 2.33. The Balaban J connectivity index is 1.80. The molecule has 0 radical (unpaired) electrons. The molecule has 2 aliphatic heterocycles. The number of aryl methyl sites for hydroxylation is 1. The lowest BCUT2D eigenvalue weighted by Crippen LogP contribution is -2.36. The maximum atomic E-state index is 11.7. The highest BCUT2D eigenvalue weighted by atomic mass is 32.2. The zero-order chi connectivity index (χ0) is 13.6. The highest BCUT2D eigenvalue weighted by Crippen LogP contribution is 2.38. The Morgan fingerprint density at radius 2 is 2.00 bits per heavy atom. The second-order valence-corrected chi connectivity index (χ2v) is 8.60. The minimum atomic E-state index is -2.92. The predicted octanol–water partition coefficient (Wildman–Crippen LogP) is 1.64. The number of hydrogen-bond donors (Lipinski definition) is 1. The van der Waals surface area contributed by atoms with Crippen LogP contribution in [0.4, 0.5) is 0 Å². The molecule has 6 heteroatoms. The molecule has 1 N–H and O–H groups in total. The molecular formula is C13H16N2O2S2. The smallest absolute Gasteiger partial charge is 0.157 e. The molecule has 4 nitrogen and oxygen atoms in total. The molecule has 19 heavy (non-hydrogen) atoms. The van der Waals surface area contributed by atoms with Gasteiger partial charge >= 0.3 is 0 Å². The number of amidine groups is 1. The summed E-state index contributed by atoms with van der Waals surface area (Å²) in [6, 6.07) is 8.16. The van der Waals surface area contributed by atoms with Crippen molar-refractivity contribution in [3.05, 3.63) is 35.4 Å². The predicted molar refractivity (Wildman–Crippen MR) is 78.3 cm³/mol. The van der Waals surface area contributed by atoms with Gasteiger partial charge in [0.2, 0.25) is 0 Å². The van der Waals surface area contributed by atoms with Crippen molar-refractivity contribution in [2.24, 2.45) is 0 Å². The van der Waals surface area contributed by atoms with Crippen LogP contribution in [0.2, 0.25) is 0 Å². The van der Waals surface area contributed by atoms with Crippen molar-refractivity contribution in [1.29, 1.82) is 5.41 Å². The molecule has 2 heterocycles. The largest absolute Gasteiger partial charge is 0.342 e. The van der Waals surface area contributed by atoms with Gasteiger partial charge in [-0.05, 0) is 12.5 Å². The van der Waals surface area contributed by atoms with E-state index in [0.717, 1.165) is 5.56 Å². The number of hydrogen-bond acceptors (Lipinski definition) is 4. The third-order valence-corrected chi connectivity index (χ3v) is 6.84. The molecule has 2 fully saturated rings. The average molecular weight is 296 g/mol. The molecule has 3 rings (SSSR count). The Bertz CT molecular complexity index is 610. The van der Waals surface area contributed by atoms with E-state index in [1.54, 1.807) is 0 Å². The minimum Gasteiger partial charge on any atom is -0.342 e. The fourth-order valence-corrected chi connectivity index (χ4v) is 6.47. The third kappa shape index (κ3) is 2.51. The normalized spacial score (nSPS) is 28.7. The zero-order valence-electron chi connectivity index (χ0n) is 10.7. The van der Waals surface area contributed by atoms with Crippen LogP contribution in [0.1, 0.15) is 11.1 Å². The van der Waals surface area contributed by atoms with Crippen molar-refractivity contribution < 1.29 is 8.42 Å². The number of sulfone groups is 1. The van der Waals surface area contributed by atoms with E-state index >= 15 is 0 Å². The van der Waals surface area contributed by atoms with Crippen molar-refractivity contribution >= 4 is 26.8 Å². The van der Waals surface area contributed by atoms with Gasteiger partial charge in [-0.25, -0.2) is 8.42 Å². The summed E-state index contributed by atoms with van der Waals surface area (Å²) >= 11 is 1.40. The van der Waals surface area contributed by atoms with Crippen LogP contribution in [0.15, 0.2) is 24.3 Å². The van der Waals surface area contributed by atoms with Crippen LogP contribution in [0.3, 0.4) is 0 Å². The van der Waals surface area contributed by atoms with Gasteiger partial charge in [-0.2, -0.15) is 0 Å². The van der Waals surface area contributed by atoms with Gasteiger partial charge in [-0.1, -0.05) is 41.6 Å². The fraction of sp³-hybridized carbons (Fsp3) is 0.462. The minimum absolute atomic E-state index is 0.0243. The van der Waals surface area contributed by atoms with E-state index < -0.39 is 9.84 Å². The Kier molecular flexibility index (Phi) is 3.09. The summed E-state index contributed by atoms with van der Waals surface area (Å²) in [6.07, 6.45) is 0. The summed E-state index contributed by atoms with van der Waals surface area (Å²) < 4.78 is 23.4. The first-order chi connectivity index (χ1) is 8.94. The van der Waals surface area contributed by atoms with Crippen molar-refractivity contribution in [2.45, 2.75) is 24.8 Å². The van der Waals surface area contributed by atoms with Gasteiger partial charge in [0.1, 0.15) is 0 Å². The summed E-state index contributed by atoms with van der Waals surface area (Å²) in [5.74, 6) is 0.411. The number of nitrogens with one attached hydrogen (secondary N) is 1. The molecule has 0 spiro atoms. The third-order valence-electron chi connectivity index (χ3n) is 3.67. The van der Waals surface area contributed by atoms with Gasteiger partial charge < -0.3 is 4.90 Å². The quantitative estimate of drug-likeness (QED) is 0.901. The Morgan fingerprint density at radius 1 is 1.32 bits per heavy atom. The van der Waals surface area contributed by atoms with Gasteiger partial charge in [-0.3, -0.25) is 5.41 Å². The number of benzene rings is 1. The van der Waals surface area contributed by atoms with E-state index in [1.165, 1.54) is 17.3 Å². The average Bonchev–Trinajstić information content (AvgIpc) is 2.75. The molecular weight excluding hydrogens is 280 g/mol. The highest BCUT2D eigenvalue weighted by molar-refractivity contribution is 8.15. The standard InChI is InChI=1S/C13H16N2O2S2/c1-9-2-4-10(5-3-9)6-15-11-7-19(16,17)8-12(11)18-13(15)14/h2-5,11-12,14H,6-8H2,1H3/t11-,12+/m1/s1. The lowest BCUT2D eigenvalue weighted by molar-refractivity contribution is 0.349. The van der Waals surface area contributed by atoms with Crippen molar-refractivity contribution in [3.63, 3.8) is 0 Å². The second kappa shape index (κ2) is 4.52. The molecule has 0 aromatic heterocycles. The van der Waals surface area contributed by atoms with Crippen LogP contribution in [-0.4, -0.2) is 41.3 Å². The van der Waals surface area contributed by atoms with E-state index in [4.69, 9.17) is 5.41 Å². The summed E-state index contributed by atoms with van der Waals surface area (Å²) in [6.45, 7) is 2.67. The molecule has 2 saturated heterocycles. The van der Waals surface area contributed by atoms with Gasteiger partial charge in [0, 0.05) is 11.8 Å². The first kappa shape index (κ1) is 13.0. The van der Waals surface area contributed by atoms with E-state index in [0.29, 0.717) is 11.7 Å². The molecule has 0 aliphatic carbocycles. The van der Waals surface area contributed by atoms with Crippen LogP contribution in [-0.2, 0) is 16.4 Å². The molecule has 0 amide bonds. The van der Waals surface area contributed by atoms with Crippen molar-refractivity contribution in [3.8, 4) is 0 Å². The molecule has 1 aromatic carbocycles. The summed E-state index contributed by atoms with van der Waals surface area (Å²) in [7, 11) is -2.92. The molecule has 0 bridgehead atoms. The molecule has 2 aliphatic rings. The Morgan fingerprint density at radius 3 is 2.68 bits per heavy atom. The monoisotopic (exact) mass is 296 g/mol. The number of nitrogens with zero attached hydrogens (tertiary/aromatic N) is 1. The topological polar surface area (TPSA) is 61.2 Å². The van der Waals surface area contributed by atoms with Gasteiger partial charge in [0.05, 0.1) is 17.5 Å². The molecule has 0 saturated carbocycles. The van der Waals surface area contributed by atoms with E-state index in [-0.39, 0.29) is 22.8 Å². The second-order valence-electron chi connectivity index (χ2n) is 5.22. The maximum Gasteiger partial charge on any atom is 0.157 e. The lowest BCUT2D eigenvalue weighted by atomic mass is 10.1. The molecule has 0 unspecified atom stereocenters. The van der Waals surface area contributed by atoms with Crippen LogP contribution in [0, 0.1) is 12.3 Å². The van der Waals surface area contributed by atoms with Gasteiger partial charge in [-0.15, -0.1) is 0 Å². The molecule has 102 valence electrons. The fourth-order valence-electron chi connectivity index (χ4n) is 2.64. The summed E-state index contributed by atoms with van der Waals surface area (Å²) in [5, 5.41) is 8.57. The molecule has 2 atom stereocenters. The van der Waals surface area contributed by atoms with Gasteiger partial charge in [0.15, 0.2) is 15.0 Å². The number of thioether (sulfide) groups is 1. The van der Waals surface area contributed by atoms with Crippen LogP contribution in [0.25, 0.3) is 0 Å². The Hall–Kier alpha value is -1.01. The number of fused-ring (bicyclic) bond motifs is 1. The van der Waals surface area contributed by atoms with E-state index in [2.05, 4.69) is 0 Å². The SMILES string of the molecule is Cc1ccc(CN2C(=N)S[C@H]3CS(=O)(=O)C[C@H]32)cc1. The highest BCUT2D eigenvalue weighted by Gasteiger charge is 2.47. The Labute approximate surface area is 117 Å². The zero-order valence-corrected chi connectivity index (χ0v) is 12.3. The van der Waals surface area contributed by atoms with E-state index in [9.17, 15) is 8.42 Å². The van der Waals surface area contributed by atoms with Crippen LogP contribution < -0.4 is 0 Å². The summed E-state index contributed by atoms with van der Waals surface area (Å²) in [4.78, 5) is 1.94. The first-order valence-corrected chi connectivity index (χ1v) is 8.92. The lowest BCUT2D eigenvalue weighted by Gasteiger charge is -2.23. The maximum absolute atomic E-state index is 11.7. The van der Waals surface area contributed by atoms with Gasteiger partial charge in [0.25, 0.3) is 0 Å². The van der Waals surface area contributed by atoms with E-state index in [1.807, 2.05) is 36.1 Å². The van der Waals surface area contributed by atoms with Crippen LogP contribution >= 0.6 is 11.8 Å². The number of rotatable bonds is 2. The van der Waals surface area contributed by atoms with Crippen molar-refractivity contribution in [2.75, 3.05) is 11.5 Å².